The minimum Gasteiger partial charge on any atom is -0.480 e. The molecule has 17 heavy (non-hydrogen) atoms. The predicted molar refractivity (Wildman–Crippen MR) is 61.5 cm³/mol. The Morgan fingerprint density at radius 1 is 1.24 bits per heavy atom. The van der Waals surface area contributed by atoms with E-state index in [9.17, 15) is 0 Å². The molecule has 0 bridgehead atoms. The van der Waals surface area contributed by atoms with Crippen molar-refractivity contribution in [3.05, 3.63) is 31.0 Å². The molecule has 6 heteroatoms. The average molecular weight is 227 g/mol. The van der Waals surface area contributed by atoms with Crippen molar-refractivity contribution in [3.8, 4) is 17.3 Å². The van der Waals surface area contributed by atoms with Crippen molar-refractivity contribution in [2.24, 2.45) is 0 Å². The number of hydrogen-bond donors (Lipinski definition) is 1. The Balaban J connectivity index is 2.19. The van der Waals surface area contributed by atoms with E-state index in [2.05, 4.69) is 24.9 Å². The molecule has 3 heterocycles. The monoisotopic (exact) mass is 227 g/mol. The number of methoxy groups -OCH3 is 1. The van der Waals surface area contributed by atoms with E-state index in [0.29, 0.717) is 17.3 Å². The third-order valence-electron chi connectivity index (χ3n) is 2.41. The summed E-state index contributed by atoms with van der Waals surface area (Å²) in [6.45, 7) is 0. The van der Waals surface area contributed by atoms with Crippen molar-refractivity contribution in [1.29, 1.82) is 0 Å². The van der Waals surface area contributed by atoms with E-state index in [1.165, 1.54) is 6.33 Å². The number of aromatic amines is 1. The minimum absolute atomic E-state index is 0.464. The zero-order valence-corrected chi connectivity index (χ0v) is 9.08. The van der Waals surface area contributed by atoms with Gasteiger partial charge in [-0.05, 0) is 6.07 Å². The van der Waals surface area contributed by atoms with Crippen molar-refractivity contribution in [2.45, 2.75) is 0 Å². The topological polar surface area (TPSA) is 76.6 Å². The zero-order chi connectivity index (χ0) is 11.7. The second-order valence-corrected chi connectivity index (χ2v) is 3.42. The molecule has 0 atom stereocenters. The highest BCUT2D eigenvalue weighted by Crippen LogP contribution is 2.24. The minimum atomic E-state index is 0.464. The Morgan fingerprint density at radius 3 is 3.06 bits per heavy atom. The molecule has 0 amide bonds. The van der Waals surface area contributed by atoms with E-state index in [4.69, 9.17) is 4.74 Å². The fourth-order valence-electron chi connectivity index (χ4n) is 1.60. The Hall–Kier alpha value is -2.50. The number of ether oxygens (including phenoxy) is 1. The van der Waals surface area contributed by atoms with E-state index in [0.717, 1.165) is 11.0 Å². The summed E-state index contributed by atoms with van der Waals surface area (Å²) in [6, 6.07) is 1.91. The van der Waals surface area contributed by atoms with Crippen molar-refractivity contribution in [3.63, 3.8) is 0 Å². The fourth-order valence-corrected chi connectivity index (χ4v) is 1.60. The van der Waals surface area contributed by atoms with E-state index in [-0.39, 0.29) is 0 Å². The lowest BCUT2D eigenvalue weighted by Crippen LogP contribution is -1.96. The third-order valence-corrected chi connectivity index (χ3v) is 2.41. The summed E-state index contributed by atoms with van der Waals surface area (Å²) in [5.41, 5.74) is 1.45. The summed E-state index contributed by atoms with van der Waals surface area (Å²) in [6.07, 6.45) is 6.63. The van der Waals surface area contributed by atoms with E-state index >= 15 is 0 Å². The maximum atomic E-state index is 5.15. The fraction of sp³-hybridized carbons (Fsp3) is 0.0909. The number of nitrogens with one attached hydrogen (secondary N) is 1. The molecule has 0 unspecified atom stereocenters. The van der Waals surface area contributed by atoms with Crippen LogP contribution in [0.15, 0.2) is 31.0 Å². The van der Waals surface area contributed by atoms with Crippen LogP contribution >= 0.6 is 0 Å². The molecule has 84 valence electrons. The van der Waals surface area contributed by atoms with E-state index in [1.807, 2.05) is 12.3 Å². The van der Waals surface area contributed by atoms with Crippen LogP contribution in [0.2, 0.25) is 0 Å². The molecule has 0 aliphatic heterocycles. The van der Waals surface area contributed by atoms with Gasteiger partial charge in [0.05, 0.1) is 12.7 Å². The molecular formula is C11H9N5O. The van der Waals surface area contributed by atoms with Crippen molar-refractivity contribution >= 4 is 11.0 Å². The lowest BCUT2D eigenvalue weighted by Gasteiger charge is -2.04. The predicted octanol–water partition coefficient (Wildman–Crippen LogP) is 1.42. The second kappa shape index (κ2) is 3.82. The van der Waals surface area contributed by atoms with Gasteiger partial charge in [-0.2, -0.15) is 0 Å². The summed E-state index contributed by atoms with van der Waals surface area (Å²) in [7, 11) is 1.55. The molecule has 3 aromatic rings. The first-order chi connectivity index (χ1) is 8.38. The number of hydrogen-bond acceptors (Lipinski definition) is 5. The van der Waals surface area contributed by atoms with Gasteiger partial charge in [-0.1, -0.05) is 0 Å². The smallest absolute Gasteiger partial charge is 0.227 e. The Kier molecular flexibility index (Phi) is 2.18. The van der Waals surface area contributed by atoms with E-state index in [1.54, 1.807) is 19.5 Å². The Morgan fingerprint density at radius 2 is 2.18 bits per heavy atom. The van der Waals surface area contributed by atoms with Crippen LogP contribution in [0, 0.1) is 0 Å². The molecule has 0 saturated carbocycles. The van der Waals surface area contributed by atoms with Crippen LogP contribution in [-0.2, 0) is 0 Å². The summed E-state index contributed by atoms with van der Waals surface area (Å²) < 4.78 is 5.15. The number of fused-ring (bicyclic) bond motifs is 1. The SMILES string of the molecule is COc1ncncc1-c1ncc2cc[nH]c2n1. The largest absolute Gasteiger partial charge is 0.480 e. The Labute approximate surface area is 96.7 Å². The van der Waals surface area contributed by atoms with Crippen LogP contribution in [0.25, 0.3) is 22.4 Å². The number of H-pyrrole nitrogens is 1. The molecule has 0 aromatic carbocycles. The molecule has 6 nitrogen and oxygen atoms in total. The molecule has 3 rings (SSSR count). The first kappa shape index (κ1) is 9.71. The zero-order valence-electron chi connectivity index (χ0n) is 9.08. The standard InChI is InChI=1S/C11H9N5O/c1-17-11-8(5-12-6-15-11)10-14-4-7-2-3-13-9(7)16-10/h2-6H,1H3,(H,13,14,16). The van der Waals surface area contributed by atoms with Crippen LogP contribution in [0.5, 0.6) is 5.88 Å². The van der Waals surface area contributed by atoms with Gasteiger partial charge in [0.2, 0.25) is 5.88 Å². The van der Waals surface area contributed by atoms with Gasteiger partial charge in [0.25, 0.3) is 0 Å². The quantitative estimate of drug-likeness (QED) is 0.716. The van der Waals surface area contributed by atoms with Crippen molar-refractivity contribution in [2.75, 3.05) is 7.11 Å². The van der Waals surface area contributed by atoms with Gasteiger partial charge < -0.3 is 9.72 Å². The van der Waals surface area contributed by atoms with Gasteiger partial charge >= 0.3 is 0 Å². The van der Waals surface area contributed by atoms with Gasteiger partial charge in [0.1, 0.15) is 12.0 Å². The highest BCUT2D eigenvalue weighted by Gasteiger charge is 2.10. The summed E-state index contributed by atoms with van der Waals surface area (Å²) >= 11 is 0. The summed E-state index contributed by atoms with van der Waals surface area (Å²) in [5, 5.41) is 0.963. The normalized spacial score (nSPS) is 10.6. The van der Waals surface area contributed by atoms with Crippen LogP contribution in [0.3, 0.4) is 0 Å². The lowest BCUT2D eigenvalue weighted by atomic mass is 10.3. The van der Waals surface area contributed by atoms with Crippen LogP contribution in [0.1, 0.15) is 0 Å². The van der Waals surface area contributed by atoms with Crippen molar-refractivity contribution < 1.29 is 4.74 Å². The highest BCUT2D eigenvalue weighted by molar-refractivity contribution is 5.76. The van der Waals surface area contributed by atoms with Gasteiger partial charge in [-0.25, -0.2) is 19.9 Å². The highest BCUT2D eigenvalue weighted by atomic mass is 16.5. The van der Waals surface area contributed by atoms with E-state index < -0.39 is 0 Å². The second-order valence-electron chi connectivity index (χ2n) is 3.42. The third kappa shape index (κ3) is 1.59. The molecule has 1 N–H and O–H groups in total. The molecule has 0 saturated heterocycles. The maximum Gasteiger partial charge on any atom is 0.227 e. The van der Waals surface area contributed by atoms with Gasteiger partial charge in [0, 0.05) is 24.0 Å². The average Bonchev–Trinajstić information content (AvgIpc) is 2.85. The summed E-state index contributed by atoms with van der Waals surface area (Å²) in [4.78, 5) is 19.7. The lowest BCUT2D eigenvalue weighted by molar-refractivity contribution is 0.398. The summed E-state index contributed by atoms with van der Waals surface area (Å²) in [5.74, 6) is 1.00. The molecule has 0 aliphatic carbocycles. The molecule has 0 aliphatic rings. The number of nitrogens with zero attached hydrogens (tertiary/aromatic N) is 4. The number of rotatable bonds is 2. The van der Waals surface area contributed by atoms with Gasteiger partial charge in [-0.3, -0.25) is 0 Å². The van der Waals surface area contributed by atoms with Gasteiger partial charge in [-0.15, -0.1) is 0 Å². The van der Waals surface area contributed by atoms with Crippen LogP contribution in [0.4, 0.5) is 0 Å². The van der Waals surface area contributed by atoms with Crippen molar-refractivity contribution in [1.82, 2.24) is 24.9 Å². The molecule has 3 aromatic heterocycles. The molecule has 0 radical (unpaired) electrons. The maximum absolute atomic E-state index is 5.15. The van der Waals surface area contributed by atoms with Crippen LogP contribution < -0.4 is 4.74 Å². The molecular weight excluding hydrogens is 218 g/mol. The van der Waals surface area contributed by atoms with Gasteiger partial charge in [0.15, 0.2) is 5.82 Å². The number of aromatic nitrogens is 5. The Bertz CT molecular complexity index is 664. The van der Waals surface area contributed by atoms with Crippen LogP contribution in [-0.4, -0.2) is 32.0 Å². The first-order valence-corrected chi connectivity index (χ1v) is 5.03. The molecule has 0 spiro atoms. The first-order valence-electron chi connectivity index (χ1n) is 5.03. The molecule has 0 fully saturated rings.